The molecule has 2 aliphatic heterocycles. The topological polar surface area (TPSA) is 116 Å². The molecule has 5 heterocycles. The summed E-state index contributed by atoms with van der Waals surface area (Å²) in [5.74, 6) is 0.419. The Balaban J connectivity index is 1.41. The van der Waals surface area contributed by atoms with Crippen molar-refractivity contribution in [2.75, 3.05) is 50.6 Å². The van der Waals surface area contributed by atoms with Gasteiger partial charge >= 0.3 is 6.09 Å². The maximum atomic E-state index is 12.2. The molecule has 1 amide bonds. The molecule has 2 aliphatic rings. The molecular weight excluding hydrogens is 496 g/mol. The summed E-state index contributed by atoms with van der Waals surface area (Å²) >= 11 is 0. The Morgan fingerprint density at radius 1 is 1.10 bits per heavy atom. The van der Waals surface area contributed by atoms with Crippen LogP contribution in [0.2, 0.25) is 0 Å². The predicted molar refractivity (Wildman–Crippen MR) is 149 cm³/mol. The van der Waals surface area contributed by atoms with Crippen molar-refractivity contribution in [2.24, 2.45) is 0 Å². The molecule has 4 aromatic rings. The lowest BCUT2D eigenvalue weighted by atomic mass is 9.97. The number of methoxy groups -OCH3 is 1. The number of aromatic nitrogens is 5. The summed E-state index contributed by atoms with van der Waals surface area (Å²) in [6.45, 7) is 7.61. The van der Waals surface area contributed by atoms with Gasteiger partial charge in [0.2, 0.25) is 0 Å². The third-order valence-electron chi connectivity index (χ3n) is 7.85. The molecule has 11 heteroatoms. The highest BCUT2D eigenvalue weighted by Crippen LogP contribution is 2.38. The number of carbonyl (C=O) groups is 1. The van der Waals surface area contributed by atoms with Crippen molar-refractivity contribution >= 4 is 23.1 Å². The number of nitrogen functional groups attached to an aromatic ring is 1. The lowest BCUT2D eigenvalue weighted by Crippen LogP contribution is -2.60. The molecule has 0 bridgehead atoms. The van der Waals surface area contributed by atoms with Gasteiger partial charge in [-0.1, -0.05) is 12.1 Å². The van der Waals surface area contributed by atoms with Gasteiger partial charge in [-0.25, -0.2) is 14.3 Å². The molecule has 204 valence electrons. The maximum Gasteiger partial charge on any atom is 0.409 e. The van der Waals surface area contributed by atoms with Gasteiger partial charge in [-0.2, -0.15) is 10.2 Å². The average molecular weight is 531 g/mol. The lowest BCUT2D eigenvalue weighted by Gasteiger charge is -2.48. The van der Waals surface area contributed by atoms with Gasteiger partial charge in [0.1, 0.15) is 11.8 Å². The molecule has 2 N–H and O–H groups in total. The number of ether oxygens (including phenoxy) is 2. The Labute approximate surface area is 227 Å². The summed E-state index contributed by atoms with van der Waals surface area (Å²) in [4.78, 5) is 20.6. The van der Waals surface area contributed by atoms with Crippen LogP contribution in [0.1, 0.15) is 32.7 Å². The SMILES string of the molecule is COC(=O)N1CCN(c2cccc(-c3cc(-c4ccnn4C4CCOCC4)c4c(N)ncnn34)c2)C(C)(C)C1. The second-order valence-corrected chi connectivity index (χ2v) is 10.8. The molecule has 2 saturated heterocycles. The minimum Gasteiger partial charge on any atom is -0.453 e. The van der Waals surface area contributed by atoms with E-state index in [1.165, 1.54) is 13.4 Å². The second-order valence-electron chi connectivity index (χ2n) is 10.8. The van der Waals surface area contributed by atoms with Crippen molar-refractivity contribution in [1.29, 1.82) is 0 Å². The van der Waals surface area contributed by atoms with Crippen LogP contribution in [0.5, 0.6) is 0 Å². The normalized spacial score (nSPS) is 18.0. The van der Waals surface area contributed by atoms with Gasteiger partial charge in [0, 0.05) is 55.9 Å². The number of anilines is 2. The van der Waals surface area contributed by atoms with E-state index in [0.717, 1.165) is 59.8 Å². The lowest BCUT2D eigenvalue weighted by molar-refractivity contribution is 0.0667. The monoisotopic (exact) mass is 530 g/mol. The highest BCUT2D eigenvalue weighted by Gasteiger charge is 2.36. The number of hydrogen-bond acceptors (Lipinski definition) is 8. The molecule has 39 heavy (non-hydrogen) atoms. The third kappa shape index (κ3) is 4.46. The van der Waals surface area contributed by atoms with Gasteiger partial charge in [-0.3, -0.25) is 4.68 Å². The fraction of sp³-hybridized carbons (Fsp3) is 0.429. The molecule has 2 fully saturated rings. The highest BCUT2D eigenvalue weighted by atomic mass is 16.5. The molecule has 6 rings (SSSR count). The van der Waals surface area contributed by atoms with E-state index in [4.69, 9.17) is 15.2 Å². The first-order valence-electron chi connectivity index (χ1n) is 13.3. The zero-order valence-electron chi connectivity index (χ0n) is 22.6. The average Bonchev–Trinajstić information content (AvgIpc) is 3.58. The Bertz CT molecular complexity index is 1500. The van der Waals surface area contributed by atoms with Crippen molar-refractivity contribution in [2.45, 2.75) is 38.3 Å². The molecular formula is C28H34N8O3. The van der Waals surface area contributed by atoms with Crippen molar-refractivity contribution < 1.29 is 14.3 Å². The summed E-state index contributed by atoms with van der Waals surface area (Å²) in [5.41, 5.74) is 11.9. The van der Waals surface area contributed by atoms with E-state index < -0.39 is 0 Å². The first-order chi connectivity index (χ1) is 18.9. The smallest absolute Gasteiger partial charge is 0.409 e. The number of nitrogens with zero attached hydrogens (tertiary/aromatic N) is 7. The molecule has 11 nitrogen and oxygen atoms in total. The Kier molecular flexibility index (Phi) is 6.38. The van der Waals surface area contributed by atoms with Gasteiger partial charge in [0.05, 0.1) is 30.1 Å². The van der Waals surface area contributed by atoms with Crippen molar-refractivity contribution in [3.05, 3.63) is 48.9 Å². The number of benzene rings is 1. The van der Waals surface area contributed by atoms with Gasteiger partial charge < -0.3 is 25.0 Å². The number of piperazine rings is 1. The van der Waals surface area contributed by atoms with Crippen LogP contribution in [0.15, 0.2) is 48.9 Å². The molecule has 3 aromatic heterocycles. The quantitative estimate of drug-likeness (QED) is 0.423. The van der Waals surface area contributed by atoms with E-state index >= 15 is 0 Å². The van der Waals surface area contributed by atoms with Crippen molar-refractivity contribution in [3.8, 4) is 22.5 Å². The van der Waals surface area contributed by atoms with E-state index in [-0.39, 0.29) is 17.7 Å². The Morgan fingerprint density at radius 2 is 1.92 bits per heavy atom. The van der Waals surface area contributed by atoms with E-state index in [9.17, 15) is 4.79 Å². The summed E-state index contributed by atoms with van der Waals surface area (Å²) in [5, 5.41) is 9.28. The minimum absolute atomic E-state index is 0.266. The molecule has 0 radical (unpaired) electrons. The number of amides is 1. The van der Waals surface area contributed by atoms with Gasteiger partial charge in [-0.05, 0) is 51.0 Å². The molecule has 0 aliphatic carbocycles. The van der Waals surface area contributed by atoms with Crippen LogP contribution in [-0.2, 0) is 9.47 Å². The molecule has 1 aromatic carbocycles. The summed E-state index contributed by atoms with van der Waals surface area (Å²) in [6, 6.07) is 12.9. The zero-order chi connectivity index (χ0) is 27.1. The number of hydrogen-bond donors (Lipinski definition) is 1. The largest absolute Gasteiger partial charge is 0.453 e. The molecule has 0 spiro atoms. The Morgan fingerprint density at radius 3 is 2.69 bits per heavy atom. The first kappa shape index (κ1) is 25.2. The number of carbonyl (C=O) groups excluding carboxylic acids is 1. The fourth-order valence-electron chi connectivity index (χ4n) is 5.97. The van der Waals surface area contributed by atoms with E-state index in [1.807, 2.05) is 16.8 Å². The number of rotatable bonds is 4. The van der Waals surface area contributed by atoms with Crippen LogP contribution >= 0.6 is 0 Å². The summed E-state index contributed by atoms with van der Waals surface area (Å²) in [6.07, 6.45) is 4.87. The third-order valence-corrected chi connectivity index (χ3v) is 7.85. The maximum absolute atomic E-state index is 12.2. The highest BCUT2D eigenvalue weighted by molar-refractivity contribution is 5.91. The van der Waals surface area contributed by atoms with Crippen molar-refractivity contribution in [1.82, 2.24) is 29.3 Å². The van der Waals surface area contributed by atoms with Crippen LogP contribution < -0.4 is 10.6 Å². The van der Waals surface area contributed by atoms with Crippen LogP contribution in [0.3, 0.4) is 0 Å². The van der Waals surface area contributed by atoms with Crippen LogP contribution in [0.25, 0.3) is 28.0 Å². The van der Waals surface area contributed by atoms with Crippen LogP contribution in [-0.4, -0.2) is 80.9 Å². The first-order valence-corrected chi connectivity index (χ1v) is 13.3. The van der Waals surface area contributed by atoms with E-state index in [1.54, 1.807) is 4.90 Å². The molecule has 0 atom stereocenters. The Hall–Kier alpha value is -4.12. The fourth-order valence-corrected chi connectivity index (χ4v) is 5.97. The van der Waals surface area contributed by atoms with Gasteiger partial charge in [-0.15, -0.1) is 0 Å². The minimum atomic E-state index is -0.291. The number of fused-ring (bicyclic) bond motifs is 1. The molecule has 0 saturated carbocycles. The molecule has 0 unspecified atom stereocenters. The van der Waals surface area contributed by atoms with E-state index in [0.29, 0.717) is 25.5 Å². The van der Waals surface area contributed by atoms with Crippen molar-refractivity contribution in [3.63, 3.8) is 0 Å². The number of nitrogens with two attached hydrogens (primary N) is 1. The zero-order valence-corrected chi connectivity index (χ0v) is 22.6. The standard InChI is InChI=1S/C28H34N8O3/c1-28(2)17-33(27(37)38-3)11-12-34(28)21-6-4-5-19(15-21)24-16-22(25-26(29)30-18-32-36(24)25)23-7-10-31-35(23)20-8-13-39-14-9-20/h4-7,10,15-16,18,20H,8-9,11-14,17H2,1-3H3,(H2,29,30,32). The second kappa shape index (κ2) is 9.88. The summed E-state index contributed by atoms with van der Waals surface area (Å²) in [7, 11) is 1.42. The van der Waals surface area contributed by atoms with Crippen LogP contribution in [0.4, 0.5) is 16.3 Å². The van der Waals surface area contributed by atoms with Gasteiger partial charge in [0.25, 0.3) is 0 Å². The predicted octanol–water partition coefficient (Wildman–Crippen LogP) is 3.86. The van der Waals surface area contributed by atoms with E-state index in [2.05, 4.69) is 68.9 Å². The van der Waals surface area contributed by atoms with Gasteiger partial charge in [0.15, 0.2) is 5.82 Å². The van der Waals surface area contributed by atoms with Crippen LogP contribution in [0, 0.1) is 0 Å². The summed E-state index contributed by atoms with van der Waals surface area (Å²) < 4.78 is 14.5.